The summed E-state index contributed by atoms with van der Waals surface area (Å²) < 4.78 is 38.5. The minimum absolute atomic E-state index is 0.222. The van der Waals surface area contributed by atoms with Crippen molar-refractivity contribution in [3.63, 3.8) is 0 Å². The molecule has 0 unspecified atom stereocenters. The van der Waals surface area contributed by atoms with Crippen molar-refractivity contribution in [3.05, 3.63) is 70.0 Å². The summed E-state index contributed by atoms with van der Waals surface area (Å²) in [5.74, 6) is -0.436. The number of carbonyl (C=O) groups is 1. The Morgan fingerprint density at radius 1 is 1.07 bits per heavy atom. The first-order valence-corrected chi connectivity index (χ1v) is 8.10. The Kier molecular flexibility index (Phi) is 5.20. The van der Waals surface area contributed by atoms with Gasteiger partial charge in [0.05, 0.1) is 10.9 Å². The highest BCUT2D eigenvalue weighted by Crippen LogP contribution is 2.29. The zero-order valence-electron chi connectivity index (χ0n) is 14.0. The van der Waals surface area contributed by atoms with Crippen LogP contribution in [0.2, 0.25) is 0 Å². The lowest BCUT2D eigenvalue weighted by Gasteiger charge is -2.09. The molecule has 2 aromatic carbocycles. The average Bonchev–Trinajstić information content (AvgIpc) is 2.64. The monoisotopic (exact) mass is 376 g/mol. The van der Waals surface area contributed by atoms with Gasteiger partial charge in [0.25, 0.3) is 5.56 Å². The van der Waals surface area contributed by atoms with E-state index in [1.54, 1.807) is 24.3 Å². The summed E-state index contributed by atoms with van der Waals surface area (Å²) in [5, 5.41) is 10.6. The molecule has 27 heavy (non-hydrogen) atoms. The van der Waals surface area contributed by atoms with Crippen molar-refractivity contribution in [2.24, 2.45) is 0 Å². The van der Waals surface area contributed by atoms with E-state index in [9.17, 15) is 22.8 Å². The molecule has 9 heteroatoms. The maximum atomic E-state index is 12.5. The molecule has 1 heterocycles. The number of halogens is 3. The van der Waals surface area contributed by atoms with Crippen LogP contribution in [-0.2, 0) is 23.9 Å². The number of hydrogen-bond donors (Lipinski definition) is 1. The van der Waals surface area contributed by atoms with Crippen LogP contribution in [-0.4, -0.2) is 27.4 Å². The highest BCUT2D eigenvalue weighted by molar-refractivity contribution is 5.78. The fourth-order valence-electron chi connectivity index (χ4n) is 2.53. The number of rotatable bonds is 5. The van der Waals surface area contributed by atoms with Crippen molar-refractivity contribution >= 4 is 16.8 Å². The van der Waals surface area contributed by atoms with E-state index < -0.39 is 23.2 Å². The predicted octanol–water partition coefficient (Wildman–Crippen LogP) is 2.17. The van der Waals surface area contributed by atoms with Gasteiger partial charge in [-0.2, -0.15) is 13.2 Å². The number of carbonyl (C=O) groups excluding carboxylic acids is 1. The second kappa shape index (κ2) is 7.56. The number of amides is 1. The molecule has 0 aliphatic rings. The van der Waals surface area contributed by atoms with E-state index in [1.165, 1.54) is 12.1 Å². The minimum Gasteiger partial charge on any atom is -0.354 e. The number of nitrogens with one attached hydrogen (secondary N) is 1. The quantitative estimate of drug-likeness (QED) is 0.741. The summed E-state index contributed by atoms with van der Waals surface area (Å²) in [6.45, 7) is -0.0658. The number of aromatic nitrogens is 3. The van der Waals surface area contributed by atoms with E-state index in [0.29, 0.717) is 22.9 Å². The van der Waals surface area contributed by atoms with Gasteiger partial charge >= 0.3 is 6.18 Å². The van der Waals surface area contributed by atoms with Crippen molar-refractivity contribution in [2.75, 3.05) is 6.54 Å². The molecule has 0 fully saturated rings. The Morgan fingerprint density at radius 3 is 2.48 bits per heavy atom. The molecule has 1 aromatic heterocycles. The summed E-state index contributed by atoms with van der Waals surface area (Å²) in [6, 6.07) is 11.4. The molecule has 0 aliphatic carbocycles. The van der Waals surface area contributed by atoms with Crippen molar-refractivity contribution in [3.8, 4) is 0 Å². The summed E-state index contributed by atoms with van der Waals surface area (Å²) in [4.78, 5) is 24.2. The van der Waals surface area contributed by atoms with Crippen LogP contribution in [0.1, 0.15) is 11.1 Å². The number of nitrogens with zero attached hydrogens (tertiary/aromatic N) is 3. The van der Waals surface area contributed by atoms with Crippen molar-refractivity contribution in [1.82, 2.24) is 20.3 Å². The molecule has 0 radical (unpaired) electrons. The zero-order valence-corrected chi connectivity index (χ0v) is 14.0. The molecular formula is C18H15F3N4O2. The van der Waals surface area contributed by atoms with Gasteiger partial charge in [0, 0.05) is 6.54 Å². The number of benzene rings is 2. The lowest BCUT2D eigenvalue weighted by molar-refractivity contribution is -0.137. The highest BCUT2D eigenvalue weighted by Gasteiger charge is 2.29. The summed E-state index contributed by atoms with van der Waals surface area (Å²) in [7, 11) is 0. The Balaban J connectivity index is 1.56. The van der Waals surface area contributed by atoms with E-state index in [4.69, 9.17) is 0 Å². The first-order valence-electron chi connectivity index (χ1n) is 8.10. The van der Waals surface area contributed by atoms with Gasteiger partial charge in [-0.3, -0.25) is 9.59 Å². The SMILES string of the molecule is O=C(Cn1nnc2ccccc2c1=O)NCCc1ccc(C(F)(F)F)cc1. The maximum absolute atomic E-state index is 12.5. The van der Waals surface area contributed by atoms with Crippen molar-refractivity contribution in [2.45, 2.75) is 19.1 Å². The Labute approximate surface area is 151 Å². The first-order chi connectivity index (χ1) is 12.8. The topological polar surface area (TPSA) is 76.9 Å². The standard InChI is InChI=1S/C18H15F3N4O2/c19-18(20,21)13-7-5-12(6-8-13)9-10-22-16(26)11-25-17(27)14-3-1-2-4-15(14)23-24-25/h1-8H,9-11H2,(H,22,26). The molecule has 1 amide bonds. The van der Waals surface area contributed by atoms with E-state index in [1.807, 2.05) is 0 Å². The summed E-state index contributed by atoms with van der Waals surface area (Å²) >= 11 is 0. The van der Waals surface area contributed by atoms with Gasteiger partial charge in [0.1, 0.15) is 12.1 Å². The molecule has 0 atom stereocenters. The van der Waals surface area contributed by atoms with Crippen LogP contribution in [0, 0.1) is 0 Å². The molecule has 3 aromatic rings. The second-order valence-electron chi connectivity index (χ2n) is 5.86. The molecular weight excluding hydrogens is 361 g/mol. The maximum Gasteiger partial charge on any atom is 0.416 e. The van der Waals surface area contributed by atoms with Gasteiger partial charge in [-0.1, -0.05) is 29.5 Å². The minimum atomic E-state index is -4.37. The van der Waals surface area contributed by atoms with Gasteiger partial charge in [-0.15, -0.1) is 5.10 Å². The van der Waals surface area contributed by atoms with Gasteiger partial charge in [-0.05, 0) is 36.2 Å². The molecule has 140 valence electrons. The molecule has 0 aliphatic heterocycles. The summed E-state index contributed by atoms with van der Waals surface area (Å²) in [5.41, 5.74) is -0.0320. The van der Waals surface area contributed by atoms with Crippen LogP contribution < -0.4 is 10.9 Å². The van der Waals surface area contributed by atoms with Crippen LogP contribution >= 0.6 is 0 Å². The Morgan fingerprint density at radius 2 is 1.78 bits per heavy atom. The first kappa shape index (κ1) is 18.6. The normalized spacial score (nSPS) is 11.5. The van der Waals surface area contributed by atoms with Gasteiger partial charge in [0.15, 0.2) is 0 Å². The lowest BCUT2D eigenvalue weighted by atomic mass is 10.1. The number of alkyl halides is 3. The highest BCUT2D eigenvalue weighted by atomic mass is 19.4. The number of hydrogen-bond acceptors (Lipinski definition) is 4. The molecule has 0 saturated heterocycles. The fourth-order valence-corrected chi connectivity index (χ4v) is 2.53. The van der Waals surface area contributed by atoms with Gasteiger partial charge in [0.2, 0.25) is 5.91 Å². The third kappa shape index (κ3) is 4.49. The fraction of sp³-hybridized carbons (Fsp3) is 0.222. The van der Waals surface area contributed by atoms with Crippen LogP contribution in [0.5, 0.6) is 0 Å². The average molecular weight is 376 g/mol. The molecule has 0 saturated carbocycles. The molecule has 0 bridgehead atoms. The number of fused-ring (bicyclic) bond motifs is 1. The van der Waals surface area contributed by atoms with E-state index in [2.05, 4.69) is 15.6 Å². The molecule has 3 rings (SSSR count). The van der Waals surface area contributed by atoms with E-state index >= 15 is 0 Å². The lowest BCUT2D eigenvalue weighted by Crippen LogP contribution is -2.35. The smallest absolute Gasteiger partial charge is 0.354 e. The third-order valence-corrected chi connectivity index (χ3v) is 3.94. The zero-order chi connectivity index (χ0) is 19.4. The molecule has 1 N–H and O–H groups in total. The second-order valence-corrected chi connectivity index (χ2v) is 5.86. The van der Waals surface area contributed by atoms with Crippen LogP contribution in [0.25, 0.3) is 10.9 Å². The van der Waals surface area contributed by atoms with Crippen molar-refractivity contribution in [1.29, 1.82) is 0 Å². The van der Waals surface area contributed by atoms with Crippen LogP contribution in [0.4, 0.5) is 13.2 Å². The van der Waals surface area contributed by atoms with Gasteiger partial charge in [-0.25, -0.2) is 4.68 Å². The van der Waals surface area contributed by atoms with Gasteiger partial charge < -0.3 is 5.32 Å². The molecule has 6 nitrogen and oxygen atoms in total. The van der Waals surface area contributed by atoms with Crippen LogP contribution in [0.3, 0.4) is 0 Å². The van der Waals surface area contributed by atoms with Crippen molar-refractivity contribution < 1.29 is 18.0 Å². The van der Waals surface area contributed by atoms with E-state index in [-0.39, 0.29) is 13.1 Å². The van der Waals surface area contributed by atoms with E-state index in [0.717, 1.165) is 16.8 Å². The predicted molar refractivity (Wildman–Crippen MR) is 92.0 cm³/mol. The largest absolute Gasteiger partial charge is 0.416 e. The van der Waals surface area contributed by atoms with Crippen LogP contribution in [0.15, 0.2) is 53.3 Å². The Hall–Kier alpha value is -3.23. The Bertz CT molecular complexity index is 1010. The molecule has 0 spiro atoms. The summed E-state index contributed by atoms with van der Waals surface area (Å²) in [6.07, 6.45) is -4.01. The third-order valence-electron chi connectivity index (χ3n) is 3.94.